The third-order valence-electron chi connectivity index (χ3n) is 6.17. The number of ether oxygens (including phenoxy) is 1. The van der Waals surface area contributed by atoms with Crippen LogP contribution in [0, 0.1) is 0 Å². The minimum atomic E-state index is -0.301. The zero-order chi connectivity index (χ0) is 21.8. The summed E-state index contributed by atoms with van der Waals surface area (Å²) in [4.78, 5) is 30.0. The van der Waals surface area contributed by atoms with E-state index in [1.165, 1.54) is 17.9 Å². The maximum absolute atomic E-state index is 13.0. The lowest BCUT2D eigenvalue weighted by atomic mass is 9.89. The first-order chi connectivity index (χ1) is 15.0. The zero-order valence-corrected chi connectivity index (χ0v) is 18.1. The second-order valence-electron chi connectivity index (χ2n) is 8.18. The predicted octanol–water partition coefficient (Wildman–Crippen LogP) is 4.15. The number of fused-ring (bicyclic) bond motifs is 1. The molecule has 6 heteroatoms. The second kappa shape index (κ2) is 9.25. The van der Waals surface area contributed by atoms with Crippen LogP contribution in [0.4, 0.5) is 0 Å². The van der Waals surface area contributed by atoms with E-state index >= 15 is 0 Å². The molecule has 2 aromatic carbocycles. The summed E-state index contributed by atoms with van der Waals surface area (Å²) in [6.45, 7) is 2.94. The van der Waals surface area contributed by atoms with E-state index in [0.29, 0.717) is 5.92 Å². The van der Waals surface area contributed by atoms with Crippen LogP contribution in [-0.2, 0) is 9.59 Å². The van der Waals surface area contributed by atoms with Gasteiger partial charge < -0.3 is 19.9 Å². The number of carbonyl (C=O) groups is 2. The Balaban J connectivity index is 1.41. The number of piperidine rings is 1. The first kappa shape index (κ1) is 21.0. The number of aromatic amines is 1. The number of amides is 2. The van der Waals surface area contributed by atoms with Crippen LogP contribution >= 0.6 is 0 Å². The zero-order valence-electron chi connectivity index (χ0n) is 18.1. The van der Waals surface area contributed by atoms with Crippen molar-refractivity contribution in [2.75, 3.05) is 20.2 Å². The van der Waals surface area contributed by atoms with Crippen molar-refractivity contribution in [2.45, 2.75) is 38.1 Å². The Labute approximate surface area is 182 Å². The first-order valence-electron chi connectivity index (χ1n) is 10.8. The number of carbonyl (C=O) groups excluding carboxylic acids is 2. The van der Waals surface area contributed by atoms with Crippen LogP contribution in [0.2, 0.25) is 0 Å². The summed E-state index contributed by atoms with van der Waals surface area (Å²) in [6.07, 6.45) is 4.21. The van der Waals surface area contributed by atoms with E-state index in [4.69, 9.17) is 4.74 Å². The molecule has 4 rings (SSSR count). The van der Waals surface area contributed by atoms with Gasteiger partial charge in [-0.05, 0) is 48.1 Å². The SMILES string of the molecule is COc1ccc2[nH]cc(C3CCN(C(=O)CC(NC(C)=O)c4ccccc4)CC3)c2c1. The van der Waals surface area contributed by atoms with Gasteiger partial charge >= 0.3 is 0 Å². The number of likely N-dealkylation sites (tertiary alicyclic amines) is 1. The predicted molar refractivity (Wildman–Crippen MR) is 121 cm³/mol. The summed E-state index contributed by atoms with van der Waals surface area (Å²) in [7, 11) is 1.68. The normalized spacial score (nSPS) is 15.6. The van der Waals surface area contributed by atoms with Crippen molar-refractivity contribution in [1.82, 2.24) is 15.2 Å². The molecule has 0 spiro atoms. The molecule has 1 aliphatic heterocycles. The van der Waals surface area contributed by atoms with E-state index in [1.54, 1.807) is 7.11 Å². The largest absolute Gasteiger partial charge is 0.497 e. The molecule has 0 radical (unpaired) electrons. The fourth-order valence-electron chi connectivity index (χ4n) is 4.51. The Hall–Kier alpha value is -3.28. The molecular formula is C25H29N3O3. The molecule has 2 heterocycles. The van der Waals surface area contributed by atoms with Crippen molar-refractivity contribution >= 4 is 22.7 Å². The highest BCUT2D eigenvalue weighted by molar-refractivity contribution is 5.85. The van der Waals surface area contributed by atoms with Gasteiger partial charge in [0.25, 0.3) is 0 Å². The summed E-state index contributed by atoms with van der Waals surface area (Å²) in [5.74, 6) is 1.22. The van der Waals surface area contributed by atoms with Gasteiger partial charge in [-0.1, -0.05) is 30.3 Å². The van der Waals surface area contributed by atoms with Gasteiger partial charge in [-0.15, -0.1) is 0 Å². The van der Waals surface area contributed by atoms with Gasteiger partial charge in [0.05, 0.1) is 19.6 Å². The molecule has 31 heavy (non-hydrogen) atoms. The highest BCUT2D eigenvalue weighted by atomic mass is 16.5. The monoisotopic (exact) mass is 419 g/mol. The van der Waals surface area contributed by atoms with Gasteiger partial charge in [-0.25, -0.2) is 0 Å². The molecule has 2 amide bonds. The summed E-state index contributed by atoms with van der Waals surface area (Å²) in [6, 6.07) is 15.5. The van der Waals surface area contributed by atoms with Gasteiger partial charge in [-0.3, -0.25) is 9.59 Å². The van der Waals surface area contributed by atoms with Crippen molar-refractivity contribution in [3.05, 3.63) is 65.9 Å². The average Bonchev–Trinajstić information content (AvgIpc) is 3.22. The maximum Gasteiger partial charge on any atom is 0.224 e. The summed E-state index contributed by atoms with van der Waals surface area (Å²) in [5, 5.41) is 4.12. The summed E-state index contributed by atoms with van der Waals surface area (Å²) >= 11 is 0. The van der Waals surface area contributed by atoms with Crippen molar-refractivity contribution in [2.24, 2.45) is 0 Å². The van der Waals surface area contributed by atoms with E-state index in [2.05, 4.69) is 22.6 Å². The lowest BCUT2D eigenvalue weighted by molar-refractivity contribution is -0.133. The van der Waals surface area contributed by atoms with Crippen LogP contribution in [0.15, 0.2) is 54.7 Å². The fraction of sp³-hybridized carbons (Fsp3) is 0.360. The molecule has 1 atom stereocenters. The van der Waals surface area contributed by atoms with Crippen LogP contribution in [0.3, 0.4) is 0 Å². The Kier molecular flexibility index (Phi) is 6.26. The molecule has 0 saturated carbocycles. The Morgan fingerprint density at radius 2 is 1.90 bits per heavy atom. The third-order valence-corrected chi connectivity index (χ3v) is 6.17. The molecule has 1 saturated heterocycles. The highest BCUT2D eigenvalue weighted by Crippen LogP contribution is 2.35. The molecule has 1 fully saturated rings. The van der Waals surface area contributed by atoms with Gasteiger partial charge in [0, 0.05) is 37.1 Å². The maximum atomic E-state index is 13.0. The molecule has 2 N–H and O–H groups in total. The van der Waals surface area contributed by atoms with E-state index in [9.17, 15) is 9.59 Å². The molecule has 3 aromatic rings. The van der Waals surface area contributed by atoms with E-state index in [1.807, 2.05) is 47.4 Å². The van der Waals surface area contributed by atoms with Crippen molar-refractivity contribution < 1.29 is 14.3 Å². The number of rotatable bonds is 6. The number of aromatic nitrogens is 1. The quantitative estimate of drug-likeness (QED) is 0.630. The number of H-pyrrole nitrogens is 1. The lowest BCUT2D eigenvalue weighted by Crippen LogP contribution is -2.40. The molecule has 162 valence electrons. The molecule has 0 bridgehead atoms. The van der Waals surface area contributed by atoms with Crippen LogP contribution in [0.1, 0.15) is 49.3 Å². The molecule has 0 aliphatic carbocycles. The van der Waals surface area contributed by atoms with Crippen LogP contribution in [-0.4, -0.2) is 41.9 Å². The number of methoxy groups -OCH3 is 1. The average molecular weight is 420 g/mol. The number of nitrogens with zero attached hydrogens (tertiary/aromatic N) is 1. The van der Waals surface area contributed by atoms with Gasteiger partial charge in [0.15, 0.2) is 0 Å². The van der Waals surface area contributed by atoms with E-state index in [-0.39, 0.29) is 24.3 Å². The number of hydrogen-bond acceptors (Lipinski definition) is 3. The van der Waals surface area contributed by atoms with Crippen LogP contribution in [0.5, 0.6) is 5.75 Å². The smallest absolute Gasteiger partial charge is 0.224 e. The molecule has 6 nitrogen and oxygen atoms in total. The minimum Gasteiger partial charge on any atom is -0.497 e. The topological polar surface area (TPSA) is 74.4 Å². The second-order valence-corrected chi connectivity index (χ2v) is 8.18. The Morgan fingerprint density at radius 1 is 1.16 bits per heavy atom. The number of benzene rings is 2. The number of hydrogen-bond donors (Lipinski definition) is 2. The van der Waals surface area contributed by atoms with E-state index in [0.717, 1.165) is 42.8 Å². The third kappa shape index (κ3) is 4.74. The van der Waals surface area contributed by atoms with E-state index < -0.39 is 0 Å². The first-order valence-corrected chi connectivity index (χ1v) is 10.8. The minimum absolute atomic E-state index is 0.0849. The lowest BCUT2D eigenvalue weighted by Gasteiger charge is -2.33. The Bertz CT molecular complexity index is 1050. The molecule has 1 aromatic heterocycles. The van der Waals surface area contributed by atoms with Gasteiger partial charge in [0.1, 0.15) is 5.75 Å². The van der Waals surface area contributed by atoms with Crippen LogP contribution in [0.25, 0.3) is 10.9 Å². The standard InChI is InChI=1S/C25H29N3O3/c1-17(29)27-24(19-6-4-3-5-7-19)15-25(30)28-12-10-18(11-13-28)22-16-26-23-9-8-20(31-2)14-21(22)23/h3-9,14,16,18,24,26H,10-13,15H2,1-2H3,(H,27,29). The van der Waals surface area contributed by atoms with Crippen molar-refractivity contribution in [3.8, 4) is 5.75 Å². The Morgan fingerprint density at radius 3 is 2.58 bits per heavy atom. The van der Waals surface area contributed by atoms with Crippen molar-refractivity contribution in [1.29, 1.82) is 0 Å². The summed E-state index contributed by atoms with van der Waals surface area (Å²) < 4.78 is 5.39. The van der Waals surface area contributed by atoms with Gasteiger partial charge in [-0.2, -0.15) is 0 Å². The number of nitrogens with one attached hydrogen (secondary N) is 2. The van der Waals surface area contributed by atoms with Gasteiger partial charge in [0.2, 0.25) is 11.8 Å². The van der Waals surface area contributed by atoms with Crippen LogP contribution < -0.4 is 10.1 Å². The summed E-state index contributed by atoms with van der Waals surface area (Å²) in [5.41, 5.74) is 3.35. The van der Waals surface area contributed by atoms with Crippen molar-refractivity contribution in [3.63, 3.8) is 0 Å². The molecule has 1 aliphatic rings. The fourth-order valence-corrected chi connectivity index (χ4v) is 4.51. The molecular weight excluding hydrogens is 390 g/mol. The molecule has 1 unspecified atom stereocenters. The highest BCUT2D eigenvalue weighted by Gasteiger charge is 2.27.